The van der Waals surface area contributed by atoms with Gasteiger partial charge in [-0.05, 0) is 0 Å². The van der Waals surface area contributed by atoms with Crippen molar-refractivity contribution in [3.05, 3.63) is 0 Å². The van der Waals surface area contributed by atoms with Crippen LogP contribution >= 0.6 is 0 Å². The highest BCUT2D eigenvalue weighted by Crippen LogP contribution is 1.86. The molecule has 0 saturated carbocycles. The summed E-state index contributed by atoms with van der Waals surface area (Å²) in [7, 11) is 0. The van der Waals surface area contributed by atoms with Crippen LogP contribution in [0.15, 0.2) is 0 Å². The molecule has 6 heteroatoms. The largest absolute Gasteiger partial charge is 0.481 e. The Morgan fingerprint density at radius 3 is 2.64 bits per heavy atom. The number of rotatable bonds is 3. The zero-order valence-electron chi connectivity index (χ0n) is 5.57. The molecule has 0 aliphatic rings. The molecule has 1 unspecified atom stereocenters. The van der Waals surface area contributed by atoms with E-state index >= 15 is 0 Å². The van der Waals surface area contributed by atoms with E-state index in [0.717, 1.165) is 0 Å². The van der Waals surface area contributed by atoms with Gasteiger partial charge in [-0.15, -0.1) is 0 Å². The minimum atomic E-state index is -1.18. The minimum absolute atomic E-state index is 0.479. The second-order valence-electron chi connectivity index (χ2n) is 1.81. The number of nitrogens with one attached hydrogen (secondary N) is 1. The van der Waals surface area contributed by atoms with Crippen LogP contribution in [-0.2, 0) is 9.59 Å². The van der Waals surface area contributed by atoms with Gasteiger partial charge in [-0.2, -0.15) is 5.26 Å². The van der Waals surface area contributed by atoms with Gasteiger partial charge in [-0.3, -0.25) is 14.9 Å². The molecule has 0 aromatic heterocycles. The molecule has 4 N–H and O–H groups in total. The summed E-state index contributed by atoms with van der Waals surface area (Å²) in [4.78, 5) is 20.5. The first-order valence-corrected chi connectivity index (χ1v) is 2.74. The molecule has 0 heterocycles. The fourth-order valence-corrected chi connectivity index (χ4v) is 0.429. The Hall–Kier alpha value is -1.61. The van der Waals surface area contributed by atoms with Gasteiger partial charge >= 0.3 is 5.97 Å². The van der Waals surface area contributed by atoms with Crippen LogP contribution in [-0.4, -0.2) is 23.0 Å². The van der Waals surface area contributed by atoms with E-state index in [-0.39, 0.29) is 0 Å². The average molecular weight is 157 g/mol. The Morgan fingerprint density at radius 2 is 2.27 bits per heavy atom. The molecule has 0 aliphatic heterocycles. The van der Waals surface area contributed by atoms with Gasteiger partial charge < -0.3 is 10.8 Å². The lowest BCUT2D eigenvalue weighted by Gasteiger charge is -2.03. The van der Waals surface area contributed by atoms with Crippen molar-refractivity contribution in [2.45, 2.75) is 12.5 Å². The summed E-state index contributed by atoms with van der Waals surface area (Å²) in [5, 5.41) is 17.8. The van der Waals surface area contributed by atoms with Crippen molar-refractivity contribution in [3.63, 3.8) is 0 Å². The normalized spacial score (nSPS) is 11.3. The number of carboxylic acid groups (broad SMARTS) is 1. The molecule has 60 valence electrons. The van der Waals surface area contributed by atoms with E-state index < -0.39 is 24.3 Å². The van der Waals surface area contributed by atoms with E-state index in [4.69, 9.17) is 16.1 Å². The highest BCUT2D eigenvalue weighted by Gasteiger charge is 2.15. The van der Waals surface area contributed by atoms with Crippen LogP contribution in [0.3, 0.4) is 0 Å². The highest BCUT2D eigenvalue weighted by molar-refractivity contribution is 5.86. The Morgan fingerprint density at radius 1 is 1.73 bits per heavy atom. The van der Waals surface area contributed by atoms with Crippen LogP contribution in [0, 0.1) is 11.5 Å². The Kier molecular flexibility index (Phi) is 3.62. The van der Waals surface area contributed by atoms with Crippen molar-refractivity contribution < 1.29 is 14.7 Å². The predicted octanol–water partition coefficient (Wildman–Crippen LogP) is -1.61. The quantitative estimate of drug-likeness (QED) is 0.336. The molecule has 6 nitrogen and oxygen atoms in total. The van der Waals surface area contributed by atoms with Gasteiger partial charge in [0.1, 0.15) is 0 Å². The number of hydrogen-bond acceptors (Lipinski definition) is 4. The summed E-state index contributed by atoms with van der Waals surface area (Å²) in [5.41, 5.74) is 5.06. The first kappa shape index (κ1) is 9.39. The second kappa shape index (κ2) is 4.24. The molecule has 1 atom stereocenters. The van der Waals surface area contributed by atoms with Crippen molar-refractivity contribution in [2.75, 3.05) is 0 Å². The number of carbonyl (C=O) groups is 2. The van der Waals surface area contributed by atoms with Gasteiger partial charge in [0, 0.05) is 0 Å². The van der Waals surface area contributed by atoms with Crippen molar-refractivity contribution in [3.8, 4) is 6.19 Å². The Labute approximate surface area is 62.6 Å². The number of hydrogen-bond donors (Lipinski definition) is 3. The molecule has 0 aliphatic carbocycles. The number of carboxylic acids is 1. The van der Waals surface area contributed by atoms with E-state index in [9.17, 15) is 9.59 Å². The van der Waals surface area contributed by atoms with Crippen molar-refractivity contribution in [1.82, 2.24) is 5.32 Å². The number of nitrogens with two attached hydrogens (primary N) is 1. The third kappa shape index (κ3) is 3.89. The van der Waals surface area contributed by atoms with Crippen LogP contribution < -0.4 is 11.1 Å². The summed E-state index contributed by atoms with van der Waals surface area (Å²) in [6.45, 7) is 0. The first-order chi connectivity index (χ1) is 5.07. The van der Waals surface area contributed by atoms with Crippen LogP contribution in [0.4, 0.5) is 0 Å². The van der Waals surface area contributed by atoms with Gasteiger partial charge in [-0.1, -0.05) is 0 Å². The molecular formula is C5H7N3O3. The fourth-order valence-electron chi connectivity index (χ4n) is 0.429. The van der Waals surface area contributed by atoms with Gasteiger partial charge in [0.15, 0.2) is 6.19 Å². The Bertz CT molecular complexity index is 208. The summed E-state index contributed by atoms with van der Waals surface area (Å²) >= 11 is 0. The summed E-state index contributed by atoms with van der Waals surface area (Å²) < 4.78 is 0. The van der Waals surface area contributed by atoms with Crippen LogP contribution in [0.5, 0.6) is 0 Å². The van der Waals surface area contributed by atoms with E-state index in [0.29, 0.717) is 0 Å². The highest BCUT2D eigenvalue weighted by atomic mass is 16.4. The Balaban J connectivity index is 3.85. The number of nitriles is 1. The maximum Gasteiger partial charge on any atom is 0.305 e. The predicted molar refractivity (Wildman–Crippen MR) is 34.0 cm³/mol. The summed E-state index contributed by atoms with van der Waals surface area (Å²) in [6.07, 6.45) is 0.870. The van der Waals surface area contributed by atoms with Crippen LogP contribution in [0.2, 0.25) is 0 Å². The molecule has 1 amide bonds. The molecule has 0 spiro atoms. The van der Waals surface area contributed by atoms with Gasteiger partial charge in [0.05, 0.1) is 12.5 Å². The zero-order valence-corrected chi connectivity index (χ0v) is 5.57. The summed E-state index contributed by atoms with van der Waals surface area (Å²) in [6, 6.07) is -1.16. The third-order valence-corrected chi connectivity index (χ3v) is 0.910. The number of carbonyl (C=O) groups excluding carboxylic acids is 1. The average Bonchev–Trinajstić information content (AvgIpc) is 1.86. The minimum Gasteiger partial charge on any atom is -0.481 e. The third-order valence-electron chi connectivity index (χ3n) is 0.910. The topological polar surface area (TPSA) is 116 Å². The standard InChI is InChI=1S/C5H7N3O3/c6-2-8-5(11)3(7)1-4(9)10/h3H,1,7H2,(H,8,11)(H,9,10). The molecule has 0 aromatic rings. The molecular weight excluding hydrogens is 150 g/mol. The van der Waals surface area contributed by atoms with Gasteiger partial charge in [0.25, 0.3) is 0 Å². The van der Waals surface area contributed by atoms with E-state index in [2.05, 4.69) is 0 Å². The number of amides is 1. The molecule has 0 radical (unpaired) electrons. The summed E-state index contributed by atoms with van der Waals surface area (Å²) in [5.74, 6) is -1.96. The zero-order chi connectivity index (χ0) is 8.85. The van der Waals surface area contributed by atoms with Gasteiger partial charge in [-0.25, -0.2) is 0 Å². The lowest BCUT2D eigenvalue weighted by molar-refractivity contribution is -0.139. The smallest absolute Gasteiger partial charge is 0.305 e. The van der Waals surface area contributed by atoms with E-state index in [1.807, 2.05) is 0 Å². The maximum absolute atomic E-state index is 10.6. The number of nitrogens with zero attached hydrogens (tertiary/aromatic N) is 1. The molecule has 0 aromatic carbocycles. The number of aliphatic carboxylic acids is 1. The molecule has 0 bridgehead atoms. The second-order valence-corrected chi connectivity index (χ2v) is 1.81. The first-order valence-electron chi connectivity index (χ1n) is 2.74. The SMILES string of the molecule is N#CNC(=O)C(N)CC(=O)O. The van der Waals surface area contributed by atoms with Crippen LogP contribution in [0.1, 0.15) is 6.42 Å². The van der Waals surface area contributed by atoms with Crippen LogP contribution in [0.25, 0.3) is 0 Å². The maximum atomic E-state index is 10.6. The van der Waals surface area contributed by atoms with E-state index in [1.54, 1.807) is 5.32 Å². The lowest BCUT2D eigenvalue weighted by Crippen LogP contribution is -2.39. The van der Waals surface area contributed by atoms with Gasteiger partial charge in [0.2, 0.25) is 5.91 Å². The van der Waals surface area contributed by atoms with Crippen molar-refractivity contribution in [2.24, 2.45) is 5.73 Å². The monoisotopic (exact) mass is 157 g/mol. The van der Waals surface area contributed by atoms with Crippen molar-refractivity contribution >= 4 is 11.9 Å². The fraction of sp³-hybridized carbons (Fsp3) is 0.400. The molecule has 11 heavy (non-hydrogen) atoms. The molecule has 0 fully saturated rings. The van der Waals surface area contributed by atoms with Crippen molar-refractivity contribution in [1.29, 1.82) is 5.26 Å². The molecule has 0 saturated heterocycles. The lowest BCUT2D eigenvalue weighted by atomic mass is 10.2. The van der Waals surface area contributed by atoms with E-state index in [1.165, 1.54) is 6.19 Å². The molecule has 0 rings (SSSR count).